The smallest absolute Gasteiger partial charge is 0.261 e. The third-order valence-corrected chi connectivity index (χ3v) is 6.50. The lowest BCUT2D eigenvalue weighted by Crippen LogP contribution is -2.29. The van der Waals surface area contributed by atoms with Gasteiger partial charge >= 0.3 is 0 Å². The van der Waals surface area contributed by atoms with Crippen LogP contribution >= 0.6 is 11.6 Å². The minimum atomic E-state index is -2.69. The number of ether oxygens (including phenoxy) is 3. The summed E-state index contributed by atoms with van der Waals surface area (Å²) in [6.45, 7) is 3.68. The van der Waals surface area contributed by atoms with Crippen LogP contribution in [0.4, 0.5) is 13.2 Å². The van der Waals surface area contributed by atoms with Crippen molar-refractivity contribution in [2.24, 2.45) is 0 Å². The Balaban J connectivity index is 1.73. The van der Waals surface area contributed by atoms with Crippen molar-refractivity contribution in [2.45, 2.75) is 45.5 Å². The Labute approximate surface area is 209 Å². The number of Topliss-reactive ketones (excluding diaryl/α,β-unsaturated/α-hetero) is 1. The highest BCUT2D eigenvalue weighted by atomic mass is 35.5. The number of unbranched alkanes of at least 4 members (excludes halogenated alkanes) is 1. The molecule has 3 rings (SSSR count). The van der Waals surface area contributed by atoms with Gasteiger partial charge in [0.25, 0.3) is 5.92 Å². The lowest BCUT2D eigenvalue weighted by molar-refractivity contribution is 0.0112. The van der Waals surface area contributed by atoms with Crippen molar-refractivity contribution in [3.63, 3.8) is 0 Å². The number of hydrogen-bond donors (Lipinski definition) is 0. The number of aryl methyl sites for hydroxylation is 1. The summed E-state index contributed by atoms with van der Waals surface area (Å²) in [6, 6.07) is 6.63. The zero-order chi connectivity index (χ0) is 25.6. The van der Waals surface area contributed by atoms with Gasteiger partial charge in [-0.1, -0.05) is 29.8 Å². The van der Waals surface area contributed by atoms with Crippen molar-refractivity contribution in [3.8, 4) is 17.2 Å². The molecule has 1 fully saturated rings. The molecule has 0 spiro atoms. The zero-order valence-electron chi connectivity index (χ0n) is 20.3. The summed E-state index contributed by atoms with van der Waals surface area (Å²) in [6.07, 6.45) is 1.67. The molecular formula is C26H31ClF3NO4. The molecule has 1 aliphatic heterocycles. The Morgan fingerprint density at radius 1 is 1.11 bits per heavy atom. The first-order valence-corrected chi connectivity index (χ1v) is 12.0. The lowest BCUT2D eigenvalue weighted by atomic mass is 10.0. The Kier molecular flexibility index (Phi) is 9.30. The molecule has 2 aromatic rings. The van der Waals surface area contributed by atoms with Gasteiger partial charge in [0, 0.05) is 19.5 Å². The second kappa shape index (κ2) is 12.0. The summed E-state index contributed by atoms with van der Waals surface area (Å²) in [5.74, 6) is -2.56. The van der Waals surface area contributed by atoms with Crippen LogP contribution in [0, 0.1) is 12.7 Å². The van der Waals surface area contributed by atoms with Crippen LogP contribution in [0.15, 0.2) is 24.3 Å². The summed E-state index contributed by atoms with van der Waals surface area (Å²) in [4.78, 5) is 14.1. The lowest BCUT2D eigenvalue weighted by Gasteiger charge is -2.22. The molecule has 1 heterocycles. The molecule has 0 amide bonds. The van der Waals surface area contributed by atoms with Crippen LogP contribution in [-0.2, 0) is 6.42 Å². The van der Waals surface area contributed by atoms with Gasteiger partial charge in [0.2, 0.25) is 5.75 Å². The topological polar surface area (TPSA) is 48.0 Å². The number of likely N-dealkylation sites (tertiary alicyclic amines) is 1. The van der Waals surface area contributed by atoms with Gasteiger partial charge in [-0.15, -0.1) is 0 Å². The fourth-order valence-corrected chi connectivity index (χ4v) is 4.47. The third-order valence-electron chi connectivity index (χ3n) is 6.05. The first-order valence-electron chi connectivity index (χ1n) is 11.6. The van der Waals surface area contributed by atoms with Crippen LogP contribution in [0.5, 0.6) is 17.2 Å². The Morgan fingerprint density at radius 2 is 1.83 bits per heavy atom. The number of hydrogen-bond acceptors (Lipinski definition) is 5. The SMILES string of the molecule is COc1c(Cl)c(C)c(C(C)=O)c(OCCN2CCC(F)(F)C2)c1OCCCCc1ccccc1F. The first-order chi connectivity index (χ1) is 16.6. The molecule has 35 heavy (non-hydrogen) atoms. The molecule has 0 N–H and O–H groups in total. The molecule has 2 aromatic carbocycles. The van der Waals surface area contributed by atoms with Crippen molar-refractivity contribution in [1.82, 2.24) is 4.90 Å². The standard InChI is InChI=1S/C26H31ClF3NO4/c1-17-21(18(2)32)23(35-15-13-31-12-11-26(29,30)16-31)25(24(33-3)22(17)27)34-14-7-6-9-19-8-4-5-10-20(19)28/h4-5,8,10H,6-7,9,11-16H2,1-3H3. The highest BCUT2D eigenvalue weighted by Crippen LogP contribution is 2.48. The van der Waals surface area contributed by atoms with Gasteiger partial charge in [0.1, 0.15) is 12.4 Å². The number of methoxy groups -OCH3 is 1. The summed E-state index contributed by atoms with van der Waals surface area (Å²) in [5.41, 5.74) is 1.40. The molecule has 0 bridgehead atoms. The number of carbonyl (C=O) groups is 1. The molecule has 9 heteroatoms. The van der Waals surface area contributed by atoms with Crippen LogP contribution in [0.3, 0.4) is 0 Å². The van der Waals surface area contributed by atoms with Gasteiger partial charge in [-0.05, 0) is 50.3 Å². The van der Waals surface area contributed by atoms with E-state index in [-0.39, 0.29) is 78.7 Å². The highest BCUT2D eigenvalue weighted by Gasteiger charge is 2.38. The van der Waals surface area contributed by atoms with Crippen molar-refractivity contribution in [2.75, 3.05) is 40.0 Å². The molecule has 1 saturated heterocycles. The van der Waals surface area contributed by atoms with Gasteiger partial charge in [-0.3, -0.25) is 9.69 Å². The van der Waals surface area contributed by atoms with Gasteiger partial charge in [-0.25, -0.2) is 13.2 Å². The summed E-state index contributed by atoms with van der Waals surface area (Å²) < 4.78 is 58.3. The minimum Gasteiger partial charge on any atom is -0.491 e. The van der Waals surface area contributed by atoms with Gasteiger partial charge in [-0.2, -0.15) is 0 Å². The predicted octanol–water partition coefficient (Wildman–Crippen LogP) is 6.12. The molecule has 192 valence electrons. The number of nitrogens with zero attached hydrogens (tertiary/aromatic N) is 1. The van der Waals surface area contributed by atoms with E-state index in [0.717, 1.165) is 0 Å². The van der Waals surface area contributed by atoms with Crippen molar-refractivity contribution in [3.05, 3.63) is 51.8 Å². The fraction of sp³-hybridized carbons (Fsp3) is 0.500. The van der Waals surface area contributed by atoms with E-state index < -0.39 is 5.92 Å². The van der Waals surface area contributed by atoms with Crippen LogP contribution in [0.1, 0.15) is 47.7 Å². The Bertz CT molecular complexity index is 1050. The first kappa shape index (κ1) is 27.1. The summed E-state index contributed by atoms with van der Waals surface area (Å²) >= 11 is 6.48. The van der Waals surface area contributed by atoms with Crippen molar-refractivity contribution in [1.29, 1.82) is 0 Å². The average molecular weight is 514 g/mol. The van der Waals surface area contributed by atoms with Gasteiger partial charge in [0.05, 0.1) is 30.8 Å². The maximum Gasteiger partial charge on any atom is 0.261 e. The van der Waals surface area contributed by atoms with Crippen LogP contribution in [0.25, 0.3) is 0 Å². The molecule has 0 unspecified atom stereocenters. The predicted molar refractivity (Wildman–Crippen MR) is 129 cm³/mol. The van der Waals surface area contributed by atoms with E-state index in [0.29, 0.717) is 30.4 Å². The summed E-state index contributed by atoms with van der Waals surface area (Å²) in [7, 11) is 1.44. The van der Waals surface area contributed by atoms with Crippen molar-refractivity contribution < 1.29 is 32.2 Å². The van der Waals surface area contributed by atoms with Gasteiger partial charge in [0.15, 0.2) is 17.3 Å². The molecule has 0 aromatic heterocycles. The largest absolute Gasteiger partial charge is 0.491 e. The second-order valence-corrected chi connectivity index (χ2v) is 9.07. The Hall–Kier alpha value is -2.45. The number of ketones is 1. The van der Waals surface area contributed by atoms with E-state index in [1.807, 2.05) is 0 Å². The van der Waals surface area contributed by atoms with E-state index >= 15 is 0 Å². The summed E-state index contributed by atoms with van der Waals surface area (Å²) in [5, 5.41) is 0.241. The molecule has 0 atom stereocenters. The minimum absolute atomic E-state index is 0.0875. The maximum atomic E-state index is 13.8. The number of rotatable bonds is 12. The van der Waals surface area contributed by atoms with E-state index in [1.165, 1.54) is 20.1 Å². The molecular weight excluding hydrogens is 483 g/mol. The van der Waals surface area contributed by atoms with E-state index in [1.54, 1.807) is 30.0 Å². The average Bonchev–Trinajstić information content (AvgIpc) is 3.15. The third kappa shape index (κ3) is 6.82. The number of benzene rings is 2. The second-order valence-electron chi connectivity index (χ2n) is 8.69. The zero-order valence-corrected chi connectivity index (χ0v) is 21.0. The fourth-order valence-electron chi connectivity index (χ4n) is 4.21. The molecule has 0 radical (unpaired) electrons. The molecule has 0 aliphatic carbocycles. The van der Waals surface area contributed by atoms with E-state index in [9.17, 15) is 18.0 Å². The van der Waals surface area contributed by atoms with E-state index in [2.05, 4.69) is 0 Å². The molecule has 0 saturated carbocycles. The van der Waals surface area contributed by atoms with Gasteiger partial charge < -0.3 is 14.2 Å². The molecule has 1 aliphatic rings. The highest BCUT2D eigenvalue weighted by molar-refractivity contribution is 6.34. The monoisotopic (exact) mass is 513 g/mol. The number of halogens is 4. The Morgan fingerprint density at radius 3 is 2.46 bits per heavy atom. The van der Waals surface area contributed by atoms with Crippen LogP contribution in [-0.4, -0.2) is 56.6 Å². The quantitative estimate of drug-likeness (QED) is 0.253. The molecule has 5 nitrogen and oxygen atoms in total. The van der Waals surface area contributed by atoms with Crippen LogP contribution < -0.4 is 14.2 Å². The van der Waals surface area contributed by atoms with E-state index in [4.69, 9.17) is 25.8 Å². The normalized spacial score (nSPS) is 15.3. The number of alkyl halides is 2. The van der Waals surface area contributed by atoms with Crippen molar-refractivity contribution >= 4 is 17.4 Å². The number of carbonyl (C=O) groups excluding carboxylic acids is 1. The van der Waals surface area contributed by atoms with Crippen LogP contribution in [0.2, 0.25) is 5.02 Å². The maximum absolute atomic E-state index is 13.8.